The van der Waals surface area contributed by atoms with Crippen molar-refractivity contribution in [3.8, 4) is 28.5 Å². The van der Waals surface area contributed by atoms with Crippen LogP contribution in [-0.4, -0.2) is 16.6 Å². The maximum atomic E-state index is 11.2. The lowest BCUT2D eigenvalue weighted by Gasteiger charge is -2.12. The molecular formula is C20H15N3OS. The van der Waals surface area contributed by atoms with E-state index in [0.29, 0.717) is 10.6 Å². The number of thioether (sulfide) groups is 1. The third kappa shape index (κ3) is 3.87. The fourth-order valence-corrected chi connectivity index (χ4v) is 3.22. The summed E-state index contributed by atoms with van der Waals surface area (Å²) in [6.45, 7) is 0. The first-order valence-electron chi connectivity index (χ1n) is 7.66. The third-order valence-electron chi connectivity index (χ3n) is 3.60. The van der Waals surface area contributed by atoms with Crippen molar-refractivity contribution >= 4 is 17.7 Å². The van der Waals surface area contributed by atoms with Crippen LogP contribution < -0.4 is 5.73 Å². The molecule has 1 heterocycles. The maximum Gasteiger partial charge on any atom is 0.227 e. The lowest BCUT2D eigenvalue weighted by molar-refractivity contribution is -0.115. The van der Waals surface area contributed by atoms with Crippen LogP contribution in [0.4, 0.5) is 0 Å². The van der Waals surface area contributed by atoms with E-state index in [1.807, 2.05) is 66.7 Å². The van der Waals surface area contributed by atoms with Crippen molar-refractivity contribution < 1.29 is 4.79 Å². The van der Waals surface area contributed by atoms with Gasteiger partial charge >= 0.3 is 0 Å². The second-order valence-electron chi connectivity index (χ2n) is 5.33. The zero-order valence-electron chi connectivity index (χ0n) is 13.3. The van der Waals surface area contributed by atoms with Crippen LogP contribution in [0.5, 0.6) is 0 Å². The lowest BCUT2D eigenvalue weighted by Crippen LogP contribution is -2.13. The summed E-state index contributed by atoms with van der Waals surface area (Å²) < 4.78 is 0. The molecule has 25 heavy (non-hydrogen) atoms. The molecule has 3 aromatic rings. The summed E-state index contributed by atoms with van der Waals surface area (Å²) >= 11 is 1.19. The maximum absolute atomic E-state index is 11.2. The molecule has 0 saturated carbocycles. The van der Waals surface area contributed by atoms with Gasteiger partial charge in [-0.25, -0.2) is 4.98 Å². The fourth-order valence-electron chi connectivity index (χ4n) is 2.48. The summed E-state index contributed by atoms with van der Waals surface area (Å²) in [7, 11) is 0. The van der Waals surface area contributed by atoms with Crippen molar-refractivity contribution in [3.63, 3.8) is 0 Å². The number of amides is 1. The van der Waals surface area contributed by atoms with Gasteiger partial charge in [0.15, 0.2) is 0 Å². The Bertz CT molecular complexity index is 934. The van der Waals surface area contributed by atoms with Crippen LogP contribution in [0.25, 0.3) is 22.4 Å². The molecular weight excluding hydrogens is 330 g/mol. The van der Waals surface area contributed by atoms with Gasteiger partial charge in [0.05, 0.1) is 17.0 Å². The molecule has 0 aliphatic carbocycles. The second-order valence-corrected chi connectivity index (χ2v) is 6.30. The molecule has 0 radical (unpaired) electrons. The van der Waals surface area contributed by atoms with E-state index >= 15 is 0 Å². The van der Waals surface area contributed by atoms with Crippen LogP contribution in [0.15, 0.2) is 71.8 Å². The summed E-state index contributed by atoms with van der Waals surface area (Å²) in [6, 6.07) is 23.6. The lowest BCUT2D eigenvalue weighted by atomic mass is 9.99. The minimum atomic E-state index is -0.443. The number of benzene rings is 2. The van der Waals surface area contributed by atoms with Crippen LogP contribution in [0.2, 0.25) is 0 Å². The number of nitrogens with zero attached hydrogens (tertiary/aromatic N) is 2. The van der Waals surface area contributed by atoms with Gasteiger partial charge in [0.1, 0.15) is 11.1 Å². The van der Waals surface area contributed by atoms with E-state index in [1.54, 1.807) is 0 Å². The molecule has 0 aliphatic heterocycles. The number of pyridine rings is 1. The quantitative estimate of drug-likeness (QED) is 0.712. The number of primary amides is 1. The molecule has 1 amide bonds. The van der Waals surface area contributed by atoms with E-state index in [0.717, 1.165) is 22.4 Å². The highest BCUT2D eigenvalue weighted by molar-refractivity contribution is 8.00. The molecule has 0 unspecified atom stereocenters. The van der Waals surface area contributed by atoms with Gasteiger partial charge in [0.25, 0.3) is 0 Å². The first kappa shape index (κ1) is 16.7. The molecule has 2 aromatic carbocycles. The van der Waals surface area contributed by atoms with Gasteiger partial charge in [0, 0.05) is 11.1 Å². The Hall–Kier alpha value is -3.10. The summed E-state index contributed by atoms with van der Waals surface area (Å²) in [5.74, 6) is -0.365. The summed E-state index contributed by atoms with van der Waals surface area (Å²) in [5.41, 5.74) is 9.15. The molecule has 0 spiro atoms. The number of nitrogens with two attached hydrogens (primary N) is 1. The smallest absolute Gasteiger partial charge is 0.227 e. The molecule has 2 N–H and O–H groups in total. The first-order chi connectivity index (χ1) is 12.2. The Morgan fingerprint density at radius 3 is 2.20 bits per heavy atom. The van der Waals surface area contributed by atoms with Crippen LogP contribution in [-0.2, 0) is 4.79 Å². The number of aromatic nitrogens is 1. The van der Waals surface area contributed by atoms with E-state index in [4.69, 9.17) is 5.73 Å². The van der Waals surface area contributed by atoms with Crippen molar-refractivity contribution in [1.82, 2.24) is 4.98 Å². The Morgan fingerprint density at radius 1 is 1.04 bits per heavy atom. The van der Waals surface area contributed by atoms with Crippen molar-refractivity contribution in [1.29, 1.82) is 5.26 Å². The number of hydrogen-bond donors (Lipinski definition) is 1. The number of hydrogen-bond acceptors (Lipinski definition) is 4. The van der Waals surface area contributed by atoms with Crippen LogP contribution >= 0.6 is 11.8 Å². The van der Waals surface area contributed by atoms with Gasteiger partial charge in [-0.05, 0) is 11.6 Å². The average Bonchev–Trinajstić information content (AvgIpc) is 2.67. The summed E-state index contributed by atoms with van der Waals surface area (Å²) in [6.07, 6.45) is 0. The van der Waals surface area contributed by atoms with Gasteiger partial charge in [-0.3, -0.25) is 4.79 Å². The molecule has 1 aromatic heterocycles. The van der Waals surface area contributed by atoms with Crippen molar-refractivity contribution in [3.05, 3.63) is 72.3 Å². The summed E-state index contributed by atoms with van der Waals surface area (Å²) in [5, 5.41) is 10.2. The minimum Gasteiger partial charge on any atom is -0.369 e. The van der Waals surface area contributed by atoms with Gasteiger partial charge in [-0.2, -0.15) is 5.26 Å². The number of carbonyl (C=O) groups excluding carboxylic acids is 1. The van der Waals surface area contributed by atoms with E-state index in [-0.39, 0.29) is 5.75 Å². The molecule has 5 heteroatoms. The highest BCUT2D eigenvalue weighted by atomic mass is 32.2. The largest absolute Gasteiger partial charge is 0.369 e. The molecule has 0 saturated heterocycles. The predicted molar refractivity (Wildman–Crippen MR) is 99.7 cm³/mol. The SMILES string of the molecule is N#Cc1c(-c2ccccc2)cc(-c2ccccc2)nc1SCC(N)=O. The Kier molecular flexibility index (Phi) is 5.12. The predicted octanol–water partition coefficient (Wildman–Crippen LogP) is 3.86. The van der Waals surface area contributed by atoms with Gasteiger partial charge in [-0.1, -0.05) is 72.4 Å². The normalized spacial score (nSPS) is 10.2. The zero-order chi connectivity index (χ0) is 17.6. The molecule has 122 valence electrons. The third-order valence-corrected chi connectivity index (χ3v) is 4.60. The fraction of sp³-hybridized carbons (Fsp3) is 0.0500. The molecule has 0 atom stereocenters. The van der Waals surface area contributed by atoms with E-state index in [1.165, 1.54) is 11.8 Å². The molecule has 0 bridgehead atoms. The standard InChI is InChI=1S/C20H15N3OS/c21-12-17-16(14-7-3-1-4-8-14)11-18(15-9-5-2-6-10-15)23-20(17)25-13-19(22)24/h1-11H,13H2,(H2,22,24). The first-order valence-corrected chi connectivity index (χ1v) is 8.64. The van der Waals surface area contributed by atoms with E-state index in [9.17, 15) is 10.1 Å². The topological polar surface area (TPSA) is 79.8 Å². The molecule has 4 nitrogen and oxygen atoms in total. The monoisotopic (exact) mass is 345 g/mol. The van der Waals surface area contributed by atoms with Gasteiger partial charge < -0.3 is 5.73 Å². The summed E-state index contributed by atoms with van der Waals surface area (Å²) in [4.78, 5) is 15.8. The van der Waals surface area contributed by atoms with Crippen molar-refractivity contribution in [2.24, 2.45) is 5.73 Å². The Morgan fingerprint density at radius 2 is 1.64 bits per heavy atom. The van der Waals surface area contributed by atoms with Crippen LogP contribution in [0.1, 0.15) is 5.56 Å². The van der Waals surface area contributed by atoms with Crippen molar-refractivity contribution in [2.75, 3.05) is 5.75 Å². The second kappa shape index (κ2) is 7.65. The molecule has 0 fully saturated rings. The van der Waals surface area contributed by atoms with Crippen LogP contribution in [0, 0.1) is 11.3 Å². The van der Waals surface area contributed by atoms with Gasteiger partial charge in [0.2, 0.25) is 5.91 Å². The number of nitriles is 1. The molecule has 0 aliphatic rings. The highest BCUT2D eigenvalue weighted by Crippen LogP contribution is 2.33. The number of rotatable bonds is 5. The van der Waals surface area contributed by atoms with E-state index in [2.05, 4.69) is 11.1 Å². The minimum absolute atomic E-state index is 0.0775. The Balaban J connectivity index is 2.20. The van der Waals surface area contributed by atoms with Crippen molar-refractivity contribution in [2.45, 2.75) is 5.03 Å². The van der Waals surface area contributed by atoms with Crippen LogP contribution in [0.3, 0.4) is 0 Å². The zero-order valence-corrected chi connectivity index (χ0v) is 14.2. The number of carbonyl (C=O) groups is 1. The van der Waals surface area contributed by atoms with E-state index < -0.39 is 5.91 Å². The highest BCUT2D eigenvalue weighted by Gasteiger charge is 2.16. The molecule has 3 rings (SSSR count). The average molecular weight is 345 g/mol. The Labute approximate surface area is 150 Å². The van der Waals surface area contributed by atoms with Gasteiger partial charge in [-0.15, -0.1) is 0 Å².